The first kappa shape index (κ1) is 64.2. The Morgan fingerprint density at radius 3 is 1.36 bits per heavy atom. The molecule has 1 saturated heterocycles. The Kier molecular flexibility index (Phi) is 43.1. The van der Waals surface area contributed by atoms with E-state index in [1.165, 1.54) is 109 Å². The van der Waals surface area contributed by atoms with Crippen molar-refractivity contribution in [1.29, 1.82) is 0 Å². The van der Waals surface area contributed by atoms with Crippen molar-refractivity contribution in [1.82, 2.24) is 0 Å². The lowest BCUT2D eigenvalue weighted by Gasteiger charge is -2.40. The third-order valence-electron chi connectivity index (χ3n) is 13.0. The second-order valence-electron chi connectivity index (χ2n) is 19.6. The van der Waals surface area contributed by atoms with Gasteiger partial charge in [-0.3, -0.25) is 14.4 Å². The summed E-state index contributed by atoms with van der Waals surface area (Å²) >= 11 is 0. The molecule has 1 heterocycles. The molecular weight excluding hydrogens is 877 g/mol. The maximum absolute atomic E-state index is 13.1. The van der Waals surface area contributed by atoms with Crippen LogP contribution in [0.4, 0.5) is 0 Å². The van der Waals surface area contributed by atoms with Gasteiger partial charge in [0.05, 0.1) is 6.61 Å². The normalized spacial score (nSPS) is 18.8. The van der Waals surface area contributed by atoms with Gasteiger partial charge in [-0.15, -0.1) is 0 Å². The SMILES string of the molecule is CCC/C=C\C/C=C\CCCCCCCC(=O)OC(COC(=O)CCCCCCCCCCCCCCCCC)COC1OC(C(=O)O)C(O)C(O)C1OC(=O)CCCCCCCCCCCCC. The maximum atomic E-state index is 13.1. The minimum absolute atomic E-state index is 0.0645. The summed E-state index contributed by atoms with van der Waals surface area (Å²) in [5.41, 5.74) is 0. The second kappa shape index (κ2) is 46.3. The van der Waals surface area contributed by atoms with Gasteiger partial charge in [-0.05, 0) is 44.9 Å². The van der Waals surface area contributed by atoms with Gasteiger partial charge in [-0.2, -0.15) is 0 Å². The molecular formula is C57H102O12. The van der Waals surface area contributed by atoms with Crippen LogP contribution >= 0.6 is 0 Å². The molecule has 69 heavy (non-hydrogen) atoms. The zero-order chi connectivity index (χ0) is 50.4. The van der Waals surface area contributed by atoms with Gasteiger partial charge in [0.2, 0.25) is 0 Å². The maximum Gasteiger partial charge on any atom is 0.335 e. The number of aliphatic hydroxyl groups is 2. The van der Waals surface area contributed by atoms with Gasteiger partial charge in [-0.25, -0.2) is 4.79 Å². The van der Waals surface area contributed by atoms with Crippen LogP contribution in [0.1, 0.15) is 265 Å². The first-order chi connectivity index (χ1) is 33.6. The van der Waals surface area contributed by atoms with Gasteiger partial charge in [0.25, 0.3) is 0 Å². The fraction of sp³-hybridized carbons (Fsp3) is 0.860. The summed E-state index contributed by atoms with van der Waals surface area (Å²) in [4.78, 5) is 50.9. The topological polar surface area (TPSA) is 175 Å². The van der Waals surface area contributed by atoms with Crippen molar-refractivity contribution in [3.05, 3.63) is 24.3 Å². The highest BCUT2D eigenvalue weighted by molar-refractivity contribution is 5.74. The molecule has 0 aromatic heterocycles. The number of rotatable bonds is 48. The van der Waals surface area contributed by atoms with Crippen LogP contribution in [0.2, 0.25) is 0 Å². The van der Waals surface area contributed by atoms with Crippen LogP contribution in [0.15, 0.2) is 24.3 Å². The fourth-order valence-electron chi connectivity index (χ4n) is 8.64. The van der Waals surface area contributed by atoms with Crippen LogP contribution in [-0.4, -0.2) is 89.2 Å². The van der Waals surface area contributed by atoms with Crippen molar-refractivity contribution in [3.8, 4) is 0 Å². The molecule has 1 aliphatic heterocycles. The third kappa shape index (κ3) is 36.7. The minimum Gasteiger partial charge on any atom is -0.479 e. The highest BCUT2D eigenvalue weighted by Gasteiger charge is 2.50. The van der Waals surface area contributed by atoms with Crippen LogP contribution in [0.3, 0.4) is 0 Å². The van der Waals surface area contributed by atoms with E-state index in [9.17, 15) is 34.5 Å². The largest absolute Gasteiger partial charge is 0.479 e. The molecule has 6 unspecified atom stereocenters. The molecule has 12 heteroatoms. The van der Waals surface area contributed by atoms with Gasteiger partial charge in [-0.1, -0.05) is 225 Å². The molecule has 1 fully saturated rings. The molecule has 0 aliphatic carbocycles. The van der Waals surface area contributed by atoms with E-state index in [1.807, 2.05) is 0 Å². The molecule has 0 saturated carbocycles. The zero-order valence-electron chi connectivity index (χ0n) is 44.1. The Morgan fingerprint density at radius 1 is 0.478 bits per heavy atom. The average molecular weight is 979 g/mol. The molecule has 0 bridgehead atoms. The molecule has 12 nitrogen and oxygen atoms in total. The molecule has 3 N–H and O–H groups in total. The van der Waals surface area contributed by atoms with Gasteiger partial charge in [0.1, 0.15) is 18.8 Å². The Labute approximate surface area is 419 Å². The van der Waals surface area contributed by atoms with Crippen molar-refractivity contribution in [2.24, 2.45) is 0 Å². The lowest BCUT2D eigenvalue weighted by molar-refractivity contribution is -0.301. The van der Waals surface area contributed by atoms with E-state index in [1.54, 1.807) is 0 Å². The quantitative estimate of drug-likeness (QED) is 0.0228. The van der Waals surface area contributed by atoms with E-state index in [0.717, 1.165) is 96.3 Å². The van der Waals surface area contributed by atoms with Gasteiger partial charge >= 0.3 is 23.9 Å². The summed E-state index contributed by atoms with van der Waals surface area (Å²) in [6.45, 7) is 5.91. The summed E-state index contributed by atoms with van der Waals surface area (Å²) in [5, 5.41) is 31.4. The molecule has 0 aromatic carbocycles. The van der Waals surface area contributed by atoms with E-state index < -0.39 is 67.3 Å². The minimum atomic E-state index is -1.90. The number of ether oxygens (including phenoxy) is 5. The van der Waals surface area contributed by atoms with Crippen LogP contribution in [-0.2, 0) is 42.9 Å². The van der Waals surface area contributed by atoms with E-state index >= 15 is 0 Å². The summed E-state index contributed by atoms with van der Waals surface area (Å²) in [7, 11) is 0. The number of esters is 3. The van der Waals surface area contributed by atoms with Crippen molar-refractivity contribution in [2.75, 3.05) is 13.2 Å². The Morgan fingerprint density at radius 2 is 0.899 bits per heavy atom. The number of carboxylic acid groups (broad SMARTS) is 1. The molecule has 0 amide bonds. The first-order valence-corrected chi connectivity index (χ1v) is 28.3. The van der Waals surface area contributed by atoms with E-state index in [2.05, 4.69) is 45.1 Å². The number of unbranched alkanes of at least 4 members (excludes halogenated alkanes) is 30. The predicted octanol–water partition coefficient (Wildman–Crippen LogP) is 13.9. The Bertz CT molecular complexity index is 1300. The number of carbonyl (C=O) groups excluding carboxylic acids is 3. The van der Waals surface area contributed by atoms with Crippen molar-refractivity contribution < 1.29 is 58.2 Å². The summed E-state index contributed by atoms with van der Waals surface area (Å²) < 4.78 is 28.4. The van der Waals surface area contributed by atoms with Crippen molar-refractivity contribution in [3.63, 3.8) is 0 Å². The lowest BCUT2D eigenvalue weighted by atomic mass is 9.98. The number of carbonyl (C=O) groups is 4. The lowest BCUT2D eigenvalue weighted by Crippen LogP contribution is -2.61. The number of hydrogen-bond donors (Lipinski definition) is 3. The summed E-state index contributed by atoms with van der Waals surface area (Å²) in [6.07, 6.45) is 38.7. The molecule has 0 aromatic rings. The molecule has 1 rings (SSSR count). The second-order valence-corrected chi connectivity index (χ2v) is 19.6. The standard InChI is InChI=1S/C57H102O12/c1-4-7-10-13-16-19-22-24-25-27-29-31-34-37-40-43-49(58)65-46-48(67-50(59)44-41-38-35-33-30-26-23-20-17-14-11-8-5-2)47-66-57-55(53(62)52(61)54(69-57)56(63)64)68-51(60)45-42-39-36-32-28-21-18-15-12-9-6-3/h11,14,20,23,48,52-55,57,61-62H,4-10,12-13,15-19,21-22,24-47H2,1-3H3,(H,63,64)/b14-11-,23-20-. The van der Waals surface area contributed by atoms with E-state index in [0.29, 0.717) is 19.3 Å². The number of carboxylic acids is 1. The van der Waals surface area contributed by atoms with Gasteiger partial charge < -0.3 is 39.0 Å². The van der Waals surface area contributed by atoms with Crippen LogP contribution in [0.25, 0.3) is 0 Å². The van der Waals surface area contributed by atoms with Crippen molar-refractivity contribution >= 4 is 23.9 Å². The summed E-state index contributed by atoms with van der Waals surface area (Å²) in [5.74, 6) is -3.11. The Hall–Kier alpha value is -2.80. The molecule has 0 spiro atoms. The Balaban J connectivity index is 2.70. The van der Waals surface area contributed by atoms with Gasteiger partial charge in [0.15, 0.2) is 24.6 Å². The van der Waals surface area contributed by atoms with Gasteiger partial charge in [0, 0.05) is 19.3 Å². The third-order valence-corrected chi connectivity index (χ3v) is 13.0. The number of hydrogen-bond acceptors (Lipinski definition) is 11. The fourth-order valence-corrected chi connectivity index (χ4v) is 8.64. The predicted molar refractivity (Wildman–Crippen MR) is 276 cm³/mol. The van der Waals surface area contributed by atoms with Crippen LogP contribution < -0.4 is 0 Å². The molecule has 402 valence electrons. The zero-order valence-corrected chi connectivity index (χ0v) is 44.1. The molecule has 1 aliphatic rings. The molecule has 0 radical (unpaired) electrons. The average Bonchev–Trinajstić information content (AvgIpc) is 3.33. The number of allylic oxidation sites excluding steroid dienone is 4. The first-order valence-electron chi connectivity index (χ1n) is 28.3. The monoisotopic (exact) mass is 979 g/mol. The highest BCUT2D eigenvalue weighted by atomic mass is 16.7. The smallest absolute Gasteiger partial charge is 0.335 e. The number of aliphatic carboxylic acids is 1. The highest BCUT2D eigenvalue weighted by Crippen LogP contribution is 2.26. The van der Waals surface area contributed by atoms with Crippen LogP contribution in [0, 0.1) is 0 Å². The summed E-state index contributed by atoms with van der Waals surface area (Å²) in [6, 6.07) is 0. The number of aliphatic hydroxyl groups excluding tert-OH is 2. The van der Waals surface area contributed by atoms with Crippen molar-refractivity contribution in [2.45, 2.75) is 302 Å². The van der Waals surface area contributed by atoms with E-state index in [-0.39, 0.29) is 25.9 Å². The van der Waals surface area contributed by atoms with E-state index in [4.69, 9.17) is 23.7 Å². The van der Waals surface area contributed by atoms with Crippen LogP contribution in [0.5, 0.6) is 0 Å². The molecule has 6 atom stereocenters.